The van der Waals surface area contributed by atoms with E-state index in [-0.39, 0.29) is 5.91 Å². The van der Waals surface area contributed by atoms with Gasteiger partial charge in [0.2, 0.25) is 5.91 Å². The van der Waals surface area contributed by atoms with Gasteiger partial charge in [-0.05, 0) is 55.9 Å². The zero-order valence-electron chi connectivity index (χ0n) is 20.1. The first kappa shape index (κ1) is 22.9. The van der Waals surface area contributed by atoms with Gasteiger partial charge in [0.25, 0.3) is 5.91 Å². The van der Waals surface area contributed by atoms with Gasteiger partial charge >= 0.3 is 5.97 Å². The molecule has 6 rings (SSSR count). The van der Waals surface area contributed by atoms with Crippen molar-refractivity contribution in [2.75, 3.05) is 17.1 Å². The van der Waals surface area contributed by atoms with Gasteiger partial charge in [0.15, 0.2) is 6.10 Å². The van der Waals surface area contributed by atoms with Crippen molar-refractivity contribution in [3.8, 4) is 0 Å². The molecular formula is C28H26N2O5S. The molecule has 2 aliphatic heterocycles. The van der Waals surface area contributed by atoms with Crippen LogP contribution in [0.25, 0.3) is 0 Å². The molecule has 1 aromatic heterocycles. The van der Waals surface area contributed by atoms with Crippen LogP contribution in [0.5, 0.6) is 0 Å². The van der Waals surface area contributed by atoms with Crippen LogP contribution < -0.4 is 9.96 Å². The lowest BCUT2D eigenvalue weighted by atomic mass is 9.90. The van der Waals surface area contributed by atoms with Crippen LogP contribution in [-0.4, -0.2) is 31.0 Å². The SMILES string of the molecule is COC(=O)c1c(N2C(=O)[C@H]3[C@H](ON(c4ccccc4)[C@H]3c3ccc(C)cc3)C2=O)sc2c1CCCC2. The van der Waals surface area contributed by atoms with Crippen LogP contribution >= 0.6 is 11.3 Å². The highest BCUT2D eigenvalue weighted by atomic mass is 32.1. The lowest BCUT2D eigenvalue weighted by Crippen LogP contribution is -2.37. The average molecular weight is 503 g/mol. The number of hydroxylamine groups is 1. The number of anilines is 2. The summed E-state index contributed by atoms with van der Waals surface area (Å²) in [4.78, 5) is 49.2. The lowest BCUT2D eigenvalue weighted by molar-refractivity contribution is -0.126. The molecule has 3 atom stereocenters. The number of imide groups is 1. The molecular weight excluding hydrogens is 476 g/mol. The van der Waals surface area contributed by atoms with Crippen LogP contribution in [-0.2, 0) is 32.0 Å². The van der Waals surface area contributed by atoms with Crippen molar-refractivity contribution in [1.82, 2.24) is 0 Å². The fourth-order valence-electron chi connectivity index (χ4n) is 5.54. The Kier molecular flexibility index (Phi) is 5.65. The second-order valence-corrected chi connectivity index (χ2v) is 10.5. The number of hydrogen-bond acceptors (Lipinski definition) is 7. The molecule has 2 aromatic carbocycles. The van der Waals surface area contributed by atoms with E-state index in [2.05, 4.69) is 0 Å². The fourth-order valence-corrected chi connectivity index (χ4v) is 6.92. The minimum Gasteiger partial charge on any atom is -0.465 e. The number of fused-ring (bicyclic) bond motifs is 2. The summed E-state index contributed by atoms with van der Waals surface area (Å²) in [6.45, 7) is 2.01. The molecule has 0 N–H and O–H groups in total. The highest BCUT2D eigenvalue weighted by molar-refractivity contribution is 7.17. The number of benzene rings is 2. The summed E-state index contributed by atoms with van der Waals surface area (Å²) in [5.74, 6) is -2.05. The van der Waals surface area contributed by atoms with Gasteiger partial charge in [-0.3, -0.25) is 14.4 Å². The number of aryl methyl sites for hydroxylation is 2. The maximum Gasteiger partial charge on any atom is 0.341 e. The molecule has 0 saturated carbocycles. The normalized spacial score (nSPS) is 23.1. The molecule has 2 fully saturated rings. The molecule has 0 spiro atoms. The Morgan fingerprint density at radius 2 is 1.72 bits per heavy atom. The van der Waals surface area contributed by atoms with Crippen molar-refractivity contribution in [1.29, 1.82) is 0 Å². The van der Waals surface area contributed by atoms with E-state index in [1.54, 1.807) is 5.06 Å². The van der Waals surface area contributed by atoms with Crippen molar-refractivity contribution in [3.05, 3.63) is 81.7 Å². The Labute approximate surface area is 213 Å². The fraction of sp³-hybridized carbons (Fsp3) is 0.321. The number of nitrogens with zero attached hydrogens (tertiary/aromatic N) is 2. The van der Waals surface area contributed by atoms with Crippen LogP contribution in [0.3, 0.4) is 0 Å². The lowest BCUT2D eigenvalue weighted by Gasteiger charge is -2.28. The Hall–Kier alpha value is -3.49. The molecule has 36 heavy (non-hydrogen) atoms. The van der Waals surface area contributed by atoms with Crippen LogP contribution in [0.2, 0.25) is 0 Å². The minimum absolute atomic E-state index is 0.349. The Morgan fingerprint density at radius 1 is 1.00 bits per heavy atom. The summed E-state index contributed by atoms with van der Waals surface area (Å²) in [6, 6.07) is 17.0. The zero-order valence-corrected chi connectivity index (χ0v) is 20.9. The Bertz CT molecular complexity index is 1350. The van der Waals surface area contributed by atoms with E-state index >= 15 is 0 Å². The van der Waals surface area contributed by atoms with Gasteiger partial charge in [0.1, 0.15) is 10.9 Å². The molecule has 0 unspecified atom stereocenters. The number of carbonyl (C=O) groups excluding carboxylic acids is 3. The quantitative estimate of drug-likeness (QED) is 0.378. The Balaban J connectivity index is 1.45. The second kappa shape index (κ2) is 8.87. The molecule has 0 bridgehead atoms. The van der Waals surface area contributed by atoms with Crippen molar-refractivity contribution in [3.63, 3.8) is 0 Å². The third-order valence-electron chi connectivity index (χ3n) is 7.29. The van der Waals surface area contributed by atoms with Crippen LogP contribution in [0, 0.1) is 12.8 Å². The second-order valence-electron chi connectivity index (χ2n) is 9.46. The monoisotopic (exact) mass is 502 g/mol. The smallest absolute Gasteiger partial charge is 0.341 e. The molecule has 7 nitrogen and oxygen atoms in total. The van der Waals surface area contributed by atoms with Crippen molar-refractivity contribution in [2.24, 2.45) is 5.92 Å². The predicted octanol–water partition coefficient (Wildman–Crippen LogP) is 4.77. The third kappa shape index (κ3) is 3.47. The number of carbonyl (C=O) groups is 3. The van der Waals surface area contributed by atoms with E-state index in [9.17, 15) is 14.4 Å². The molecule has 8 heteroatoms. The molecule has 1 aliphatic carbocycles. The summed E-state index contributed by atoms with van der Waals surface area (Å²) in [7, 11) is 1.33. The molecule has 3 heterocycles. The molecule has 184 valence electrons. The number of rotatable bonds is 4. The zero-order chi connectivity index (χ0) is 25.0. The van der Waals surface area contributed by atoms with E-state index < -0.39 is 29.9 Å². The van der Waals surface area contributed by atoms with E-state index in [1.165, 1.54) is 23.3 Å². The largest absolute Gasteiger partial charge is 0.465 e. The summed E-state index contributed by atoms with van der Waals surface area (Å²) in [5.41, 5.74) is 4.02. The topological polar surface area (TPSA) is 76.2 Å². The molecule has 2 amide bonds. The maximum atomic E-state index is 14.1. The number of methoxy groups -OCH3 is 1. The Morgan fingerprint density at radius 3 is 2.44 bits per heavy atom. The highest BCUT2D eigenvalue weighted by Gasteiger charge is 2.61. The number of amides is 2. The number of thiophene rings is 1. The maximum absolute atomic E-state index is 14.1. The van der Waals surface area contributed by atoms with Crippen molar-refractivity contribution >= 4 is 39.8 Å². The minimum atomic E-state index is -0.978. The summed E-state index contributed by atoms with van der Waals surface area (Å²) < 4.78 is 5.08. The van der Waals surface area contributed by atoms with Gasteiger partial charge in [-0.2, -0.15) is 0 Å². The van der Waals surface area contributed by atoms with Gasteiger partial charge in [-0.1, -0.05) is 48.0 Å². The van der Waals surface area contributed by atoms with E-state index in [0.717, 1.165) is 52.9 Å². The van der Waals surface area contributed by atoms with Crippen LogP contribution in [0.4, 0.5) is 10.7 Å². The van der Waals surface area contributed by atoms with Gasteiger partial charge in [-0.25, -0.2) is 14.8 Å². The summed E-state index contributed by atoms with van der Waals surface area (Å²) >= 11 is 1.36. The van der Waals surface area contributed by atoms with E-state index in [1.807, 2.05) is 61.5 Å². The van der Waals surface area contributed by atoms with Gasteiger partial charge < -0.3 is 4.74 Å². The van der Waals surface area contributed by atoms with Gasteiger partial charge in [0.05, 0.1) is 24.4 Å². The van der Waals surface area contributed by atoms with Gasteiger partial charge in [-0.15, -0.1) is 11.3 Å². The average Bonchev–Trinajstić information content (AvgIpc) is 3.55. The predicted molar refractivity (Wildman–Crippen MR) is 136 cm³/mol. The number of para-hydroxylation sites is 1. The van der Waals surface area contributed by atoms with Crippen molar-refractivity contribution in [2.45, 2.75) is 44.8 Å². The molecule has 3 aliphatic rings. The van der Waals surface area contributed by atoms with E-state index in [0.29, 0.717) is 10.6 Å². The van der Waals surface area contributed by atoms with Crippen LogP contribution in [0.15, 0.2) is 54.6 Å². The first-order valence-corrected chi connectivity index (χ1v) is 13.0. The number of esters is 1. The molecule has 0 radical (unpaired) electrons. The molecule has 3 aromatic rings. The number of hydrogen-bond donors (Lipinski definition) is 0. The highest BCUT2D eigenvalue weighted by Crippen LogP contribution is 2.50. The standard InChI is InChI=1S/C28H26N2O5S/c1-16-12-14-17(15-13-16)23-22-24(35-30(23)18-8-4-3-5-9-18)26(32)29(25(22)31)27-21(28(33)34-2)19-10-6-7-11-20(19)36-27/h3-5,8-9,12-15,22-24H,6-7,10-11H2,1-2H3/t22-,23+,24+/m1/s1. The summed E-state index contributed by atoms with van der Waals surface area (Å²) in [5, 5.41) is 2.06. The first-order chi connectivity index (χ1) is 17.5. The third-order valence-corrected chi connectivity index (χ3v) is 8.57. The van der Waals surface area contributed by atoms with Crippen LogP contribution in [0.1, 0.15) is 50.8 Å². The molecule has 2 saturated heterocycles. The summed E-state index contributed by atoms with van der Waals surface area (Å²) in [6.07, 6.45) is 2.57. The van der Waals surface area contributed by atoms with Gasteiger partial charge in [0, 0.05) is 4.88 Å². The van der Waals surface area contributed by atoms with E-state index in [4.69, 9.17) is 9.57 Å². The van der Waals surface area contributed by atoms with Crippen molar-refractivity contribution < 1.29 is 24.0 Å². The number of ether oxygens (including phenoxy) is 1. The first-order valence-electron chi connectivity index (χ1n) is 12.2.